The number of H-pyrrole nitrogens is 1. The first-order valence-electron chi connectivity index (χ1n) is 8.57. The number of carbonyl (C=O) groups excluding carboxylic acids is 1. The first-order chi connectivity index (χ1) is 11.7. The van der Waals surface area contributed by atoms with Crippen LogP contribution in [0, 0.1) is 0 Å². The van der Waals surface area contributed by atoms with E-state index in [1.54, 1.807) is 11.3 Å². The number of nitrogens with one attached hydrogen (secondary N) is 1. The van der Waals surface area contributed by atoms with Gasteiger partial charge in [-0.1, -0.05) is 19.1 Å². The minimum Gasteiger partial charge on any atom is -0.342 e. The summed E-state index contributed by atoms with van der Waals surface area (Å²) in [5, 5.41) is 0. The Hall–Kier alpha value is -2.14. The van der Waals surface area contributed by atoms with E-state index in [1.165, 1.54) is 4.88 Å². The molecular weight excluding hydrogens is 318 g/mol. The number of amides is 1. The maximum atomic E-state index is 12.8. The zero-order valence-electron chi connectivity index (χ0n) is 13.8. The van der Waals surface area contributed by atoms with E-state index in [2.05, 4.69) is 24.0 Å². The Morgan fingerprint density at radius 1 is 1.33 bits per heavy atom. The van der Waals surface area contributed by atoms with Gasteiger partial charge in [0.1, 0.15) is 5.82 Å². The van der Waals surface area contributed by atoms with Gasteiger partial charge in [-0.2, -0.15) is 0 Å². The highest BCUT2D eigenvalue weighted by Crippen LogP contribution is 2.28. The number of carbonyl (C=O) groups is 1. The highest BCUT2D eigenvalue weighted by Gasteiger charge is 2.28. The minimum atomic E-state index is 0.167. The minimum absolute atomic E-state index is 0.167. The van der Waals surface area contributed by atoms with Crippen LogP contribution in [0.2, 0.25) is 0 Å². The van der Waals surface area contributed by atoms with Crippen LogP contribution in [0.4, 0.5) is 0 Å². The molecule has 3 aromatic rings. The van der Waals surface area contributed by atoms with Gasteiger partial charge in [0.05, 0.1) is 15.9 Å². The van der Waals surface area contributed by atoms with Crippen molar-refractivity contribution in [3.63, 3.8) is 0 Å². The number of likely N-dealkylation sites (tertiary alicyclic amines) is 1. The summed E-state index contributed by atoms with van der Waals surface area (Å²) in [4.78, 5) is 25.1. The molecule has 1 amide bonds. The number of piperidine rings is 1. The van der Waals surface area contributed by atoms with Crippen molar-refractivity contribution in [2.45, 2.75) is 32.1 Å². The quantitative estimate of drug-likeness (QED) is 0.777. The van der Waals surface area contributed by atoms with Crippen molar-refractivity contribution in [2.24, 2.45) is 0 Å². The van der Waals surface area contributed by atoms with Crippen molar-refractivity contribution in [3.8, 4) is 0 Å². The molecule has 1 fully saturated rings. The van der Waals surface area contributed by atoms with E-state index in [0.29, 0.717) is 5.92 Å². The fourth-order valence-electron chi connectivity index (χ4n) is 3.39. The summed E-state index contributed by atoms with van der Waals surface area (Å²) in [5.41, 5.74) is 2.07. The highest BCUT2D eigenvalue weighted by molar-refractivity contribution is 7.14. The zero-order valence-corrected chi connectivity index (χ0v) is 14.6. The van der Waals surface area contributed by atoms with Crippen LogP contribution >= 0.6 is 11.3 Å². The molecule has 3 heterocycles. The average Bonchev–Trinajstić information content (AvgIpc) is 3.28. The summed E-state index contributed by atoms with van der Waals surface area (Å²) in [5.74, 6) is 1.47. The number of aromatic amines is 1. The normalized spacial score (nSPS) is 18.2. The maximum absolute atomic E-state index is 12.8. The van der Waals surface area contributed by atoms with Gasteiger partial charge in [-0.05, 0) is 43.5 Å². The highest BCUT2D eigenvalue weighted by atomic mass is 32.1. The molecule has 0 aliphatic carbocycles. The molecule has 2 aromatic heterocycles. The summed E-state index contributed by atoms with van der Waals surface area (Å²) in [6, 6.07) is 12.1. The molecule has 4 nitrogen and oxygen atoms in total. The van der Waals surface area contributed by atoms with E-state index in [1.807, 2.05) is 29.2 Å². The summed E-state index contributed by atoms with van der Waals surface area (Å²) >= 11 is 1.62. The van der Waals surface area contributed by atoms with Crippen LogP contribution in [0.25, 0.3) is 11.0 Å². The summed E-state index contributed by atoms with van der Waals surface area (Å²) < 4.78 is 0. The predicted molar refractivity (Wildman–Crippen MR) is 97.7 cm³/mol. The van der Waals surface area contributed by atoms with Gasteiger partial charge in [0.25, 0.3) is 5.91 Å². The fourth-order valence-corrected chi connectivity index (χ4v) is 4.30. The standard InChI is InChI=1S/C19H21N3OS/c1-2-14-9-10-17(24-14)19(23)22-11-5-6-13(12-22)18-20-15-7-3-4-8-16(15)21-18/h3-4,7-10,13H,2,5-6,11-12H2,1H3,(H,20,21)/t13-/m0/s1. The van der Waals surface area contributed by atoms with Gasteiger partial charge in [0.15, 0.2) is 0 Å². The number of fused-ring (bicyclic) bond motifs is 1. The van der Waals surface area contributed by atoms with Crippen LogP contribution in [-0.4, -0.2) is 33.9 Å². The molecule has 1 saturated heterocycles. The second kappa shape index (κ2) is 6.40. The van der Waals surface area contributed by atoms with Crippen LogP contribution < -0.4 is 0 Å². The molecule has 1 aliphatic rings. The molecule has 0 radical (unpaired) electrons. The largest absolute Gasteiger partial charge is 0.342 e. The monoisotopic (exact) mass is 339 g/mol. The molecule has 0 unspecified atom stereocenters. The van der Waals surface area contributed by atoms with Gasteiger partial charge in [-0.15, -0.1) is 11.3 Å². The van der Waals surface area contributed by atoms with E-state index < -0.39 is 0 Å². The molecule has 1 N–H and O–H groups in total. The van der Waals surface area contributed by atoms with Crippen LogP contribution in [0.5, 0.6) is 0 Å². The van der Waals surface area contributed by atoms with Crippen LogP contribution in [0.15, 0.2) is 36.4 Å². The Bertz CT molecular complexity index is 833. The van der Waals surface area contributed by atoms with E-state index in [4.69, 9.17) is 4.98 Å². The molecule has 0 saturated carbocycles. The van der Waals surface area contributed by atoms with Crippen molar-refractivity contribution in [1.82, 2.24) is 14.9 Å². The van der Waals surface area contributed by atoms with Crippen LogP contribution in [-0.2, 0) is 6.42 Å². The number of imidazole rings is 1. The number of para-hydroxylation sites is 2. The maximum Gasteiger partial charge on any atom is 0.263 e. The third-order valence-corrected chi connectivity index (χ3v) is 5.94. The van der Waals surface area contributed by atoms with Gasteiger partial charge in [0, 0.05) is 23.9 Å². The number of nitrogens with zero attached hydrogens (tertiary/aromatic N) is 2. The second-order valence-corrected chi connectivity index (χ2v) is 7.52. The lowest BCUT2D eigenvalue weighted by Crippen LogP contribution is -2.39. The van der Waals surface area contributed by atoms with Crippen LogP contribution in [0.3, 0.4) is 0 Å². The molecule has 124 valence electrons. The van der Waals surface area contributed by atoms with E-state index in [9.17, 15) is 4.79 Å². The third kappa shape index (κ3) is 2.84. The number of hydrogen-bond acceptors (Lipinski definition) is 3. The van der Waals surface area contributed by atoms with Gasteiger partial charge >= 0.3 is 0 Å². The average molecular weight is 339 g/mol. The summed E-state index contributed by atoms with van der Waals surface area (Å²) in [6.07, 6.45) is 3.09. The number of aromatic nitrogens is 2. The van der Waals surface area contributed by atoms with E-state index in [0.717, 1.165) is 54.1 Å². The molecule has 4 rings (SSSR count). The van der Waals surface area contributed by atoms with Gasteiger partial charge < -0.3 is 9.88 Å². The lowest BCUT2D eigenvalue weighted by molar-refractivity contribution is 0.0710. The summed E-state index contributed by atoms with van der Waals surface area (Å²) in [6.45, 7) is 3.71. The van der Waals surface area contributed by atoms with Gasteiger partial charge in [-0.3, -0.25) is 4.79 Å². The van der Waals surface area contributed by atoms with E-state index in [-0.39, 0.29) is 5.91 Å². The predicted octanol–water partition coefficient (Wildman–Crippen LogP) is 4.21. The third-order valence-electron chi connectivity index (χ3n) is 4.72. The summed E-state index contributed by atoms with van der Waals surface area (Å²) in [7, 11) is 0. The van der Waals surface area contributed by atoms with E-state index >= 15 is 0 Å². The molecular formula is C19H21N3OS. The van der Waals surface area contributed by atoms with Crippen molar-refractivity contribution in [3.05, 3.63) is 52.0 Å². The molecule has 0 bridgehead atoms. The first-order valence-corrected chi connectivity index (χ1v) is 9.39. The lowest BCUT2D eigenvalue weighted by atomic mass is 9.97. The number of thiophene rings is 1. The Balaban J connectivity index is 1.53. The molecule has 1 aromatic carbocycles. The SMILES string of the molecule is CCc1ccc(C(=O)N2CCC[C@H](c3nc4ccccc4[nH]3)C2)s1. The lowest BCUT2D eigenvalue weighted by Gasteiger charge is -2.31. The van der Waals surface area contributed by atoms with Crippen molar-refractivity contribution < 1.29 is 4.79 Å². The molecule has 24 heavy (non-hydrogen) atoms. The smallest absolute Gasteiger partial charge is 0.263 e. The Morgan fingerprint density at radius 2 is 2.21 bits per heavy atom. The van der Waals surface area contributed by atoms with Crippen LogP contribution in [0.1, 0.15) is 46.1 Å². The van der Waals surface area contributed by atoms with Gasteiger partial charge in [-0.25, -0.2) is 4.98 Å². The van der Waals surface area contributed by atoms with Crippen molar-refractivity contribution >= 4 is 28.3 Å². The Kier molecular flexibility index (Phi) is 4.10. The zero-order chi connectivity index (χ0) is 16.5. The van der Waals surface area contributed by atoms with Crippen molar-refractivity contribution in [2.75, 3.05) is 13.1 Å². The second-order valence-electron chi connectivity index (χ2n) is 6.35. The number of hydrogen-bond donors (Lipinski definition) is 1. The fraction of sp³-hybridized carbons (Fsp3) is 0.368. The number of rotatable bonds is 3. The van der Waals surface area contributed by atoms with Crippen molar-refractivity contribution in [1.29, 1.82) is 0 Å². The first kappa shape index (κ1) is 15.4. The molecule has 1 aliphatic heterocycles. The molecule has 0 spiro atoms. The molecule has 1 atom stereocenters. The van der Waals surface area contributed by atoms with Gasteiger partial charge in [0.2, 0.25) is 0 Å². The molecule has 5 heteroatoms. The number of benzene rings is 1. The number of aryl methyl sites for hydroxylation is 1. The Labute approximate surface area is 145 Å². The topological polar surface area (TPSA) is 49.0 Å². The Morgan fingerprint density at radius 3 is 3.00 bits per heavy atom.